The summed E-state index contributed by atoms with van der Waals surface area (Å²) in [6, 6.07) is -2.23. The van der Waals surface area contributed by atoms with E-state index in [2.05, 4.69) is 0 Å². The molecule has 0 aromatic heterocycles. The molecule has 0 amide bonds. The molecule has 4 nitrogen and oxygen atoms in total. The van der Waals surface area contributed by atoms with Gasteiger partial charge in [-0.2, -0.15) is 13.2 Å². The lowest BCUT2D eigenvalue weighted by Crippen LogP contribution is -2.46. The summed E-state index contributed by atoms with van der Waals surface area (Å²) in [4.78, 5) is 0. The van der Waals surface area contributed by atoms with Gasteiger partial charge >= 0.3 is 13.8 Å². The molecule has 8 heteroatoms. The SMILES string of the molecule is CCOP(=O)(OCC)[C@H](C)[C@@H](N)C(F)(F)F. The molecular formula is C8H17F3NO3P. The van der Waals surface area contributed by atoms with E-state index in [-0.39, 0.29) is 13.2 Å². The molecule has 2 atom stereocenters. The van der Waals surface area contributed by atoms with Crippen LogP contribution in [0.5, 0.6) is 0 Å². The molecule has 0 unspecified atom stereocenters. The molecule has 0 saturated heterocycles. The summed E-state index contributed by atoms with van der Waals surface area (Å²) >= 11 is 0. The van der Waals surface area contributed by atoms with Gasteiger partial charge in [-0.1, -0.05) is 0 Å². The monoisotopic (exact) mass is 263 g/mol. The predicted octanol–water partition coefficient (Wildman–Crippen LogP) is 2.53. The van der Waals surface area contributed by atoms with E-state index in [1.54, 1.807) is 0 Å². The summed E-state index contributed by atoms with van der Waals surface area (Å²) in [5.41, 5.74) is 3.56. The van der Waals surface area contributed by atoms with Crippen LogP contribution in [0.4, 0.5) is 13.2 Å². The van der Waals surface area contributed by atoms with Gasteiger partial charge in [0.15, 0.2) is 0 Å². The molecule has 0 bridgehead atoms. The Bertz CT molecular complexity index is 249. The predicted molar refractivity (Wildman–Crippen MR) is 54.4 cm³/mol. The van der Waals surface area contributed by atoms with Crippen molar-refractivity contribution in [2.45, 2.75) is 38.6 Å². The number of nitrogens with two attached hydrogens (primary N) is 1. The van der Waals surface area contributed by atoms with Crippen molar-refractivity contribution in [1.29, 1.82) is 0 Å². The van der Waals surface area contributed by atoms with Crippen LogP contribution in [0.15, 0.2) is 0 Å². The highest BCUT2D eigenvalue weighted by Crippen LogP contribution is 2.55. The van der Waals surface area contributed by atoms with Crippen LogP contribution in [0, 0.1) is 0 Å². The van der Waals surface area contributed by atoms with E-state index in [1.807, 2.05) is 0 Å². The minimum atomic E-state index is -4.62. The molecule has 0 aromatic carbocycles. The Morgan fingerprint density at radius 1 is 1.25 bits per heavy atom. The fraction of sp³-hybridized carbons (Fsp3) is 1.00. The van der Waals surface area contributed by atoms with E-state index < -0.39 is 25.5 Å². The molecule has 0 aliphatic rings. The minimum absolute atomic E-state index is 0.00615. The van der Waals surface area contributed by atoms with E-state index in [1.165, 1.54) is 13.8 Å². The van der Waals surface area contributed by atoms with E-state index in [0.29, 0.717) is 0 Å². The molecule has 0 radical (unpaired) electrons. The second kappa shape index (κ2) is 6.00. The first-order valence-corrected chi connectivity index (χ1v) is 6.51. The van der Waals surface area contributed by atoms with Crippen LogP contribution in [0.2, 0.25) is 0 Å². The van der Waals surface area contributed by atoms with Crippen molar-refractivity contribution in [2.75, 3.05) is 13.2 Å². The van der Waals surface area contributed by atoms with Crippen molar-refractivity contribution in [3.8, 4) is 0 Å². The molecule has 0 fully saturated rings. The lowest BCUT2D eigenvalue weighted by molar-refractivity contribution is -0.148. The van der Waals surface area contributed by atoms with Crippen LogP contribution < -0.4 is 5.73 Å². The number of hydrogen-bond donors (Lipinski definition) is 1. The molecule has 0 aliphatic carbocycles. The van der Waals surface area contributed by atoms with Crippen LogP contribution in [0.3, 0.4) is 0 Å². The summed E-state index contributed by atoms with van der Waals surface area (Å²) in [5.74, 6) is 0. The third kappa shape index (κ3) is 4.05. The molecular weight excluding hydrogens is 246 g/mol. The highest BCUT2D eigenvalue weighted by atomic mass is 31.2. The maximum atomic E-state index is 12.4. The van der Waals surface area contributed by atoms with Gasteiger partial charge in [0.25, 0.3) is 0 Å². The van der Waals surface area contributed by atoms with Crippen molar-refractivity contribution in [3.05, 3.63) is 0 Å². The first kappa shape index (κ1) is 15.9. The van der Waals surface area contributed by atoms with Crippen molar-refractivity contribution in [1.82, 2.24) is 0 Å². The fourth-order valence-electron chi connectivity index (χ4n) is 1.10. The van der Waals surface area contributed by atoms with Crippen LogP contribution in [-0.4, -0.2) is 31.1 Å². The van der Waals surface area contributed by atoms with Gasteiger partial charge in [0.1, 0.15) is 6.04 Å². The average Bonchev–Trinajstić information content (AvgIpc) is 2.14. The van der Waals surface area contributed by atoms with Crippen molar-refractivity contribution < 1.29 is 26.8 Å². The molecule has 16 heavy (non-hydrogen) atoms. The van der Waals surface area contributed by atoms with Crippen molar-refractivity contribution in [2.24, 2.45) is 5.73 Å². The van der Waals surface area contributed by atoms with Crippen LogP contribution >= 0.6 is 7.60 Å². The standard InChI is InChI=1S/C8H17F3NO3P/c1-4-14-16(13,15-5-2)6(3)7(12)8(9,10)11/h6-7H,4-5,12H2,1-3H3/t6-,7-/m1/s1. The average molecular weight is 263 g/mol. The van der Waals surface area contributed by atoms with E-state index in [0.717, 1.165) is 6.92 Å². The normalized spacial score (nSPS) is 17.2. The number of rotatable bonds is 6. The first-order valence-electron chi connectivity index (χ1n) is 4.90. The van der Waals surface area contributed by atoms with Gasteiger partial charge in [-0.25, -0.2) is 0 Å². The van der Waals surface area contributed by atoms with E-state index >= 15 is 0 Å². The Hall–Kier alpha value is -0.100. The van der Waals surface area contributed by atoms with Gasteiger partial charge < -0.3 is 14.8 Å². The zero-order valence-corrected chi connectivity index (χ0v) is 10.3. The zero-order chi connectivity index (χ0) is 13.0. The van der Waals surface area contributed by atoms with Gasteiger partial charge in [0, 0.05) is 0 Å². The van der Waals surface area contributed by atoms with Gasteiger partial charge in [-0.3, -0.25) is 4.57 Å². The van der Waals surface area contributed by atoms with Gasteiger partial charge in [-0.05, 0) is 20.8 Å². The summed E-state index contributed by atoms with van der Waals surface area (Å²) in [5, 5.41) is 0. The fourth-order valence-corrected chi connectivity index (χ4v) is 2.93. The second-order valence-corrected chi connectivity index (χ2v) is 5.59. The van der Waals surface area contributed by atoms with Gasteiger partial charge in [0.05, 0.1) is 18.9 Å². The molecule has 0 saturated carbocycles. The van der Waals surface area contributed by atoms with E-state index in [9.17, 15) is 17.7 Å². The van der Waals surface area contributed by atoms with Crippen molar-refractivity contribution in [3.63, 3.8) is 0 Å². The molecule has 0 aromatic rings. The maximum Gasteiger partial charge on any atom is 0.404 e. The second-order valence-electron chi connectivity index (χ2n) is 3.18. The third-order valence-electron chi connectivity index (χ3n) is 2.01. The Kier molecular flexibility index (Phi) is 5.96. The molecule has 0 aliphatic heterocycles. The lowest BCUT2D eigenvalue weighted by Gasteiger charge is -2.28. The molecule has 0 rings (SSSR count). The van der Waals surface area contributed by atoms with E-state index in [4.69, 9.17) is 14.8 Å². The Morgan fingerprint density at radius 3 is 1.88 bits per heavy atom. The smallest absolute Gasteiger partial charge is 0.319 e. The first-order chi connectivity index (χ1) is 7.19. The topological polar surface area (TPSA) is 61.5 Å². The van der Waals surface area contributed by atoms with Crippen LogP contribution in [-0.2, 0) is 13.6 Å². The molecule has 2 N–H and O–H groups in total. The van der Waals surface area contributed by atoms with Crippen molar-refractivity contribution >= 4 is 7.60 Å². The largest absolute Gasteiger partial charge is 0.404 e. The summed E-state index contributed by atoms with van der Waals surface area (Å²) in [6.45, 7) is 4.18. The maximum absolute atomic E-state index is 12.4. The highest BCUT2D eigenvalue weighted by Gasteiger charge is 2.48. The van der Waals surface area contributed by atoms with Gasteiger partial charge in [-0.15, -0.1) is 0 Å². The zero-order valence-electron chi connectivity index (χ0n) is 9.45. The number of alkyl halides is 3. The quantitative estimate of drug-likeness (QED) is 0.748. The van der Waals surface area contributed by atoms with Crippen LogP contribution in [0.25, 0.3) is 0 Å². The van der Waals surface area contributed by atoms with Gasteiger partial charge in [0.2, 0.25) is 0 Å². The lowest BCUT2D eigenvalue weighted by atomic mass is 10.2. The Balaban J connectivity index is 4.87. The molecule has 98 valence electrons. The minimum Gasteiger partial charge on any atom is -0.319 e. The Morgan fingerprint density at radius 2 is 1.62 bits per heavy atom. The summed E-state index contributed by atoms with van der Waals surface area (Å²) in [7, 11) is -3.81. The summed E-state index contributed by atoms with van der Waals surface area (Å²) in [6.07, 6.45) is -4.62. The van der Waals surface area contributed by atoms with Crippen LogP contribution in [0.1, 0.15) is 20.8 Å². The molecule has 0 heterocycles. The summed E-state index contributed by atoms with van der Waals surface area (Å²) < 4.78 is 58.6. The highest BCUT2D eigenvalue weighted by molar-refractivity contribution is 7.54. The number of hydrogen-bond acceptors (Lipinski definition) is 4. The molecule has 0 spiro atoms. The third-order valence-corrected chi connectivity index (χ3v) is 4.57. The number of halogens is 3. The Labute approximate surface area is 92.8 Å².